The van der Waals surface area contributed by atoms with Crippen LogP contribution in [0.25, 0.3) is 0 Å². The number of hydrogen-bond acceptors (Lipinski definition) is 1. The Bertz CT molecular complexity index is 934. The van der Waals surface area contributed by atoms with Crippen molar-refractivity contribution < 1.29 is 10.1 Å². The molecule has 28 heavy (non-hydrogen) atoms. The average Bonchev–Trinajstić information content (AvgIpc) is 2.74. The number of carbonyl (C=O) groups is 1. The molecule has 0 saturated carbocycles. The molecule has 2 atom stereocenters. The molecule has 4 rings (SSSR count). The molecule has 0 bridgehead atoms. The highest BCUT2D eigenvalue weighted by Gasteiger charge is 2.31. The van der Waals surface area contributed by atoms with E-state index in [0.29, 0.717) is 6.04 Å². The topological polar surface area (TPSA) is 45.7 Å². The minimum absolute atomic E-state index is 0.0260. The van der Waals surface area contributed by atoms with Crippen molar-refractivity contribution in [2.24, 2.45) is 0 Å². The summed E-state index contributed by atoms with van der Waals surface area (Å²) in [5, 5.41) is 5.36. The van der Waals surface area contributed by atoms with Gasteiger partial charge in [0.25, 0.3) is 5.91 Å². The van der Waals surface area contributed by atoms with Crippen molar-refractivity contribution in [1.29, 1.82) is 0 Å². The summed E-state index contributed by atoms with van der Waals surface area (Å²) in [6.45, 7) is 2.05. The van der Waals surface area contributed by atoms with Gasteiger partial charge in [0, 0.05) is 23.2 Å². The summed E-state index contributed by atoms with van der Waals surface area (Å²) in [5.41, 5.74) is 5.85. The summed E-state index contributed by atoms with van der Waals surface area (Å²) in [4.78, 5) is 13.2. The maximum absolute atomic E-state index is 13.2. The number of aryl methyl sites for hydroxylation is 2. The number of quaternary nitrogens is 1. The van der Waals surface area contributed by atoms with Crippen LogP contribution in [0.1, 0.15) is 47.2 Å². The smallest absolute Gasteiger partial charge is 0.287 e. The maximum atomic E-state index is 13.2. The van der Waals surface area contributed by atoms with Gasteiger partial charge in [-0.1, -0.05) is 72.3 Å². The van der Waals surface area contributed by atoms with E-state index in [-0.39, 0.29) is 11.9 Å². The van der Waals surface area contributed by atoms with Crippen LogP contribution in [0.5, 0.6) is 0 Å². The number of benzene rings is 3. The van der Waals surface area contributed by atoms with Crippen LogP contribution in [0.3, 0.4) is 0 Å². The third kappa shape index (κ3) is 4.15. The van der Waals surface area contributed by atoms with Crippen LogP contribution in [0.4, 0.5) is 5.69 Å². The fourth-order valence-electron chi connectivity index (χ4n) is 4.09. The number of carbonyl (C=O) groups excluding carboxylic acids is 1. The van der Waals surface area contributed by atoms with Crippen LogP contribution < -0.4 is 10.6 Å². The lowest BCUT2D eigenvalue weighted by Gasteiger charge is -2.27. The molecule has 0 fully saturated rings. The van der Waals surface area contributed by atoms with Crippen LogP contribution in [0.2, 0.25) is 0 Å². The number of nitrogens with one attached hydrogen (secondary N) is 1. The molecule has 3 aromatic carbocycles. The second kappa shape index (κ2) is 8.41. The van der Waals surface area contributed by atoms with Gasteiger partial charge in [0.05, 0.1) is 0 Å². The zero-order valence-electron chi connectivity index (χ0n) is 16.3. The predicted octanol–water partition coefficient (Wildman–Crippen LogP) is 4.32. The van der Waals surface area contributed by atoms with Crippen molar-refractivity contribution in [3.63, 3.8) is 0 Å². The molecular formula is C25H27N2O+. The van der Waals surface area contributed by atoms with E-state index in [4.69, 9.17) is 0 Å². The van der Waals surface area contributed by atoms with Gasteiger partial charge in [-0.3, -0.25) is 4.79 Å². The molecule has 3 heteroatoms. The van der Waals surface area contributed by atoms with Crippen LogP contribution in [0, 0.1) is 6.92 Å². The second-order valence-corrected chi connectivity index (χ2v) is 7.63. The Morgan fingerprint density at radius 2 is 1.68 bits per heavy atom. The molecular weight excluding hydrogens is 344 g/mol. The number of rotatable bonds is 5. The van der Waals surface area contributed by atoms with Gasteiger partial charge in [-0.05, 0) is 37.5 Å². The van der Waals surface area contributed by atoms with Gasteiger partial charge in [-0.25, -0.2) is 0 Å². The number of hydrogen-bond donors (Lipinski definition) is 2. The first kappa shape index (κ1) is 18.5. The van der Waals surface area contributed by atoms with Gasteiger partial charge >= 0.3 is 0 Å². The number of nitrogens with two attached hydrogens (primary N) is 1. The standard InChI is InChI=1S/C25H26N2O/c1-18-14-16-21(17-15-18)26-25(28)24(20-9-3-2-4-10-20)27-23-13-7-11-19-8-5-6-12-22(19)23/h2-6,8-10,12,14-17,23-24,27H,7,11,13H2,1H3,(H,26,28)/p+1/t23-,24-/m0/s1. The average molecular weight is 372 g/mol. The van der Waals surface area contributed by atoms with Crippen molar-refractivity contribution >= 4 is 11.6 Å². The van der Waals surface area contributed by atoms with Crippen LogP contribution in [-0.4, -0.2) is 5.91 Å². The molecule has 3 nitrogen and oxygen atoms in total. The minimum atomic E-state index is -0.279. The Labute approximate surface area is 166 Å². The van der Waals surface area contributed by atoms with Gasteiger partial charge in [-0.2, -0.15) is 0 Å². The Morgan fingerprint density at radius 1 is 0.964 bits per heavy atom. The van der Waals surface area contributed by atoms with Crippen LogP contribution in [-0.2, 0) is 11.2 Å². The van der Waals surface area contributed by atoms with Gasteiger partial charge in [0.2, 0.25) is 0 Å². The summed E-state index contributed by atoms with van der Waals surface area (Å²) in [5.74, 6) is 0.0260. The van der Waals surface area contributed by atoms with Crippen molar-refractivity contribution in [2.45, 2.75) is 38.3 Å². The molecule has 0 unspecified atom stereocenters. The van der Waals surface area contributed by atoms with Gasteiger partial charge in [0.15, 0.2) is 6.04 Å². The van der Waals surface area contributed by atoms with Crippen molar-refractivity contribution in [3.05, 3.63) is 101 Å². The summed E-state index contributed by atoms with van der Waals surface area (Å²) in [6, 6.07) is 26.7. The molecule has 0 heterocycles. The molecule has 1 aliphatic carbocycles. The van der Waals surface area contributed by atoms with Crippen molar-refractivity contribution in [2.75, 3.05) is 5.32 Å². The molecule has 0 aromatic heterocycles. The maximum Gasteiger partial charge on any atom is 0.287 e. The van der Waals surface area contributed by atoms with Crippen molar-refractivity contribution in [1.82, 2.24) is 0 Å². The monoisotopic (exact) mass is 371 g/mol. The SMILES string of the molecule is Cc1ccc(NC(=O)[C@@H]([NH2+][C@H]2CCCc3ccccc32)c2ccccc2)cc1. The van der Waals surface area contributed by atoms with E-state index in [0.717, 1.165) is 24.1 Å². The fourth-order valence-corrected chi connectivity index (χ4v) is 4.09. The predicted molar refractivity (Wildman–Crippen MR) is 113 cm³/mol. The first-order valence-corrected chi connectivity index (χ1v) is 10.1. The van der Waals surface area contributed by atoms with Crippen LogP contribution >= 0.6 is 0 Å². The molecule has 1 amide bonds. The Balaban J connectivity index is 1.60. The number of fused-ring (bicyclic) bond motifs is 1. The molecule has 3 N–H and O–H groups in total. The van der Waals surface area contributed by atoms with E-state index < -0.39 is 0 Å². The second-order valence-electron chi connectivity index (χ2n) is 7.63. The molecule has 0 aliphatic heterocycles. The van der Waals surface area contributed by atoms with Crippen LogP contribution in [0.15, 0.2) is 78.9 Å². The highest BCUT2D eigenvalue weighted by atomic mass is 16.2. The van der Waals surface area contributed by atoms with Gasteiger partial charge in [-0.15, -0.1) is 0 Å². The molecule has 0 spiro atoms. The van der Waals surface area contributed by atoms with E-state index in [1.54, 1.807) is 0 Å². The summed E-state index contributed by atoms with van der Waals surface area (Å²) < 4.78 is 0. The lowest BCUT2D eigenvalue weighted by Crippen LogP contribution is -2.88. The summed E-state index contributed by atoms with van der Waals surface area (Å²) >= 11 is 0. The molecule has 3 aromatic rings. The Hall–Kier alpha value is -2.91. The first-order valence-electron chi connectivity index (χ1n) is 10.1. The third-order valence-electron chi connectivity index (χ3n) is 5.60. The van der Waals surface area contributed by atoms with Gasteiger partial charge in [0.1, 0.15) is 6.04 Å². The highest BCUT2D eigenvalue weighted by Crippen LogP contribution is 2.28. The Morgan fingerprint density at radius 3 is 2.46 bits per heavy atom. The van der Waals surface area contributed by atoms with E-state index in [1.165, 1.54) is 23.1 Å². The summed E-state index contributed by atoms with van der Waals surface area (Å²) in [7, 11) is 0. The van der Waals surface area contributed by atoms with E-state index in [2.05, 4.69) is 34.9 Å². The van der Waals surface area contributed by atoms with E-state index >= 15 is 0 Å². The summed E-state index contributed by atoms with van der Waals surface area (Å²) in [6.07, 6.45) is 3.39. The normalized spacial score (nSPS) is 16.8. The zero-order chi connectivity index (χ0) is 19.3. The quantitative estimate of drug-likeness (QED) is 0.689. The highest BCUT2D eigenvalue weighted by molar-refractivity contribution is 5.94. The van der Waals surface area contributed by atoms with E-state index in [9.17, 15) is 4.79 Å². The largest absolute Gasteiger partial charge is 0.326 e. The lowest BCUT2D eigenvalue weighted by atomic mass is 9.87. The zero-order valence-corrected chi connectivity index (χ0v) is 16.3. The molecule has 142 valence electrons. The third-order valence-corrected chi connectivity index (χ3v) is 5.60. The number of anilines is 1. The molecule has 0 radical (unpaired) electrons. The molecule has 1 aliphatic rings. The minimum Gasteiger partial charge on any atom is -0.326 e. The molecule has 0 saturated heterocycles. The van der Waals surface area contributed by atoms with Crippen molar-refractivity contribution in [3.8, 4) is 0 Å². The first-order chi connectivity index (χ1) is 13.7. The Kier molecular flexibility index (Phi) is 5.54. The van der Waals surface area contributed by atoms with E-state index in [1.807, 2.05) is 61.5 Å². The fraction of sp³-hybridized carbons (Fsp3) is 0.240. The number of amides is 1. The lowest BCUT2D eigenvalue weighted by molar-refractivity contribution is -0.723. The van der Waals surface area contributed by atoms with Gasteiger partial charge < -0.3 is 10.6 Å².